The summed E-state index contributed by atoms with van der Waals surface area (Å²) in [5.74, 6) is 0.452. The number of amides is 1. The number of carbonyl (C=O) groups is 1. The molecule has 1 unspecified atom stereocenters. The third-order valence-corrected chi connectivity index (χ3v) is 5.73. The van der Waals surface area contributed by atoms with Crippen molar-refractivity contribution in [3.05, 3.63) is 33.0 Å². The lowest BCUT2D eigenvalue weighted by Gasteiger charge is -2.26. The Morgan fingerprint density at radius 2 is 2.16 bits per heavy atom. The van der Waals surface area contributed by atoms with E-state index in [0.717, 1.165) is 30.0 Å². The van der Waals surface area contributed by atoms with E-state index < -0.39 is 0 Å². The Hall–Kier alpha value is -1.69. The second-order valence-corrected chi connectivity index (χ2v) is 8.77. The van der Waals surface area contributed by atoms with Gasteiger partial charge in [-0.25, -0.2) is 4.98 Å². The Morgan fingerprint density at radius 3 is 2.80 bits per heavy atom. The van der Waals surface area contributed by atoms with Gasteiger partial charge in [0.25, 0.3) is 0 Å². The molecule has 2 heterocycles. The predicted octanol–water partition coefficient (Wildman–Crippen LogP) is 4.09. The molecule has 1 amide bonds. The fourth-order valence-corrected chi connectivity index (χ4v) is 4.71. The minimum atomic E-state index is 0.0541. The first kappa shape index (κ1) is 18.1. The first-order chi connectivity index (χ1) is 11.9. The lowest BCUT2D eigenvalue weighted by Crippen LogP contribution is -2.33. The highest BCUT2D eigenvalue weighted by Crippen LogP contribution is 2.31. The third-order valence-electron chi connectivity index (χ3n) is 4.74. The summed E-state index contributed by atoms with van der Waals surface area (Å²) in [6.07, 6.45) is 5.45. The summed E-state index contributed by atoms with van der Waals surface area (Å²) in [6.45, 7) is 10.6. The van der Waals surface area contributed by atoms with Crippen molar-refractivity contribution in [3.8, 4) is 0 Å². The van der Waals surface area contributed by atoms with Crippen molar-refractivity contribution in [2.45, 2.75) is 78.3 Å². The van der Waals surface area contributed by atoms with Crippen LogP contribution in [0, 0.1) is 6.92 Å². The van der Waals surface area contributed by atoms with Crippen LogP contribution in [0.15, 0.2) is 6.20 Å². The fraction of sp³-hybridized carbons (Fsp3) is 0.632. The van der Waals surface area contributed by atoms with Gasteiger partial charge < -0.3 is 5.32 Å². The standard InChI is InChI=1S/C19H28N4OS/c1-11(2)18-13(5)25-17(22-18)9-16(24)21-15-8-6-7-14-10-20-23(12(3)4)19(14)15/h10-12,15H,6-9H2,1-5H3,(H,21,24). The zero-order chi connectivity index (χ0) is 18.1. The monoisotopic (exact) mass is 360 g/mol. The summed E-state index contributed by atoms with van der Waals surface area (Å²) in [4.78, 5) is 18.5. The van der Waals surface area contributed by atoms with E-state index in [1.54, 1.807) is 11.3 Å². The molecule has 5 nitrogen and oxygen atoms in total. The predicted molar refractivity (Wildman–Crippen MR) is 101 cm³/mol. The molecule has 0 fully saturated rings. The Bertz CT molecular complexity index is 760. The van der Waals surface area contributed by atoms with Gasteiger partial charge in [-0.15, -0.1) is 11.3 Å². The van der Waals surface area contributed by atoms with Crippen molar-refractivity contribution in [1.29, 1.82) is 0 Å². The number of thiazole rings is 1. The molecule has 2 aromatic rings. The lowest BCUT2D eigenvalue weighted by molar-refractivity contribution is -0.121. The van der Waals surface area contributed by atoms with Gasteiger partial charge in [-0.2, -0.15) is 5.10 Å². The van der Waals surface area contributed by atoms with E-state index in [2.05, 4.69) is 54.7 Å². The molecule has 0 bridgehead atoms. The van der Waals surface area contributed by atoms with Crippen LogP contribution in [0.1, 0.15) is 85.4 Å². The zero-order valence-electron chi connectivity index (χ0n) is 15.8. The number of hydrogen-bond donors (Lipinski definition) is 1. The summed E-state index contributed by atoms with van der Waals surface area (Å²) in [5, 5.41) is 8.67. The molecular weight excluding hydrogens is 332 g/mol. The van der Waals surface area contributed by atoms with Gasteiger partial charge in [-0.3, -0.25) is 9.48 Å². The maximum absolute atomic E-state index is 12.6. The van der Waals surface area contributed by atoms with Crippen molar-refractivity contribution >= 4 is 17.2 Å². The van der Waals surface area contributed by atoms with E-state index in [1.807, 2.05) is 6.20 Å². The molecule has 0 aliphatic heterocycles. The van der Waals surface area contributed by atoms with Crippen molar-refractivity contribution in [1.82, 2.24) is 20.1 Å². The number of nitrogens with one attached hydrogen (secondary N) is 1. The molecule has 2 aromatic heterocycles. The van der Waals surface area contributed by atoms with Gasteiger partial charge in [0.05, 0.1) is 30.0 Å². The van der Waals surface area contributed by atoms with Gasteiger partial charge in [-0.1, -0.05) is 13.8 Å². The fourth-order valence-electron chi connectivity index (χ4n) is 3.63. The van der Waals surface area contributed by atoms with Crippen LogP contribution in [-0.2, 0) is 17.6 Å². The SMILES string of the molecule is Cc1sc(CC(=O)NC2CCCc3cnn(C(C)C)c32)nc1C(C)C. The summed E-state index contributed by atoms with van der Waals surface area (Å²) >= 11 is 1.64. The first-order valence-corrected chi connectivity index (χ1v) is 10.00. The Kier molecular flexibility index (Phi) is 5.27. The molecular formula is C19H28N4OS. The highest BCUT2D eigenvalue weighted by atomic mass is 32.1. The summed E-state index contributed by atoms with van der Waals surface area (Å²) in [5.41, 5.74) is 3.58. The first-order valence-electron chi connectivity index (χ1n) is 9.18. The Labute approximate surface area is 153 Å². The van der Waals surface area contributed by atoms with Crippen LogP contribution in [-0.4, -0.2) is 20.7 Å². The maximum atomic E-state index is 12.6. The van der Waals surface area contributed by atoms with Crippen LogP contribution >= 0.6 is 11.3 Å². The van der Waals surface area contributed by atoms with E-state index in [0.29, 0.717) is 18.4 Å². The number of aryl methyl sites for hydroxylation is 2. The third kappa shape index (κ3) is 3.78. The smallest absolute Gasteiger partial charge is 0.227 e. The molecule has 1 N–H and O–H groups in total. The number of nitrogens with zero attached hydrogens (tertiary/aromatic N) is 3. The molecule has 0 saturated heterocycles. The molecule has 1 aliphatic rings. The number of rotatable bonds is 5. The number of carbonyl (C=O) groups excluding carboxylic acids is 1. The summed E-state index contributed by atoms with van der Waals surface area (Å²) in [7, 11) is 0. The summed E-state index contributed by atoms with van der Waals surface area (Å²) < 4.78 is 2.06. The molecule has 1 aliphatic carbocycles. The second kappa shape index (κ2) is 7.28. The van der Waals surface area contributed by atoms with E-state index in [1.165, 1.54) is 16.1 Å². The maximum Gasteiger partial charge on any atom is 0.227 e. The van der Waals surface area contributed by atoms with E-state index in [4.69, 9.17) is 0 Å². The van der Waals surface area contributed by atoms with Gasteiger partial charge in [0.2, 0.25) is 5.91 Å². The normalized spacial score (nSPS) is 17.2. The van der Waals surface area contributed by atoms with Crippen LogP contribution in [0.5, 0.6) is 0 Å². The van der Waals surface area contributed by atoms with Crippen molar-refractivity contribution in [2.75, 3.05) is 0 Å². The minimum Gasteiger partial charge on any atom is -0.347 e. The van der Waals surface area contributed by atoms with Crippen LogP contribution in [0.4, 0.5) is 0 Å². The van der Waals surface area contributed by atoms with E-state index >= 15 is 0 Å². The summed E-state index contributed by atoms with van der Waals surface area (Å²) in [6, 6.07) is 0.364. The van der Waals surface area contributed by atoms with E-state index in [9.17, 15) is 4.79 Å². The van der Waals surface area contributed by atoms with Crippen LogP contribution in [0.3, 0.4) is 0 Å². The van der Waals surface area contributed by atoms with Gasteiger partial charge in [0, 0.05) is 10.9 Å². The molecule has 0 saturated carbocycles. The van der Waals surface area contributed by atoms with E-state index in [-0.39, 0.29) is 11.9 Å². The number of hydrogen-bond acceptors (Lipinski definition) is 4. The molecule has 25 heavy (non-hydrogen) atoms. The highest BCUT2D eigenvalue weighted by molar-refractivity contribution is 7.11. The van der Waals surface area contributed by atoms with Gasteiger partial charge in [0.1, 0.15) is 5.01 Å². The van der Waals surface area contributed by atoms with Gasteiger partial charge >= 0.3 is 0 Å². The van der Waals surface area contributed by atoms with Crippen molar-refractivity contribution in [3.63, 3.8) is 0 Å². The van der Waals surface area contributed by atoms with Crippen molar-refractivity contribution < 1.29 is 4.79 Å². The number of fused-ring (bicyclic) bond motifs is 1. The largest absolute Gasteiger partial charge is 0.347 e. The molecule has 136 valence electrons. The molecule has 0 aromatic carbocycles. The zero-order valence-corrected chi connectivity index (χ0v) is 16.6. The quantitative estimate of drug-likeness (QED) is 0.874. The average molecular weight is 361 g/mol. The van der Waals surface area contributed by atoms with Crippen LogP contribution in [0.2, 0.25) is 0 Å². The molecule has 0 radical (unpaired) electrons. The van der Waals surface area contributed by atoms with Crippen molar-refractivity contribution in [2.24, 2.45) is 0 Å². The molecule has 1 atom stereocenters. The Balaban J connectivity index is 1.72. The average Bonchev–Trinajstić information content (AvgIpc) is 3.11. The van der Waals surface area contributed by atoms with Gasteiger partial charge in [-0.05, 0) is 51.5 Å². The number of aromatic nitrogens is 3. The van der Waals surface area contributed by atoms with Gasteiger partial charge in [0.15, 0.2) is 0 Å². The van der Waals surface area contributed by atoms with Crippen LogP contribution < -0.4 is 5.32 Å². The minimum absolute atomic E-state index is 0.0541. The topological polar surface area (TPSA) is 59.8 Å². The second-order valence-electron chi connectivity index (χ2n) is 7.49. The van der Waals surface area contributed by atoms with Crippen LogP contribution in [0.25, 0.3) is 0 Å². The lowest BCUT2D eigenvalue weighted by atomic mass is 9.93. The highest BCUT2D eigenvalue weighted by Gasteiger charge is 2.27. The molecule has 6 heteroatoms. The Morgan fingerprint density at radius 1 is 1.40 bits per heavy atom. The molecule has 3 rings (SSSR count). The molecule has 0 spiro atoms.